The highest BCUT2D eigenvalue weighted by molar-refractivity contribution is 6.36. The van der Waals surface area contributed by atoms with Crippen LogP contribution in [-0.2, 0) is 0 Å². The number of para-hydroxylation sites is 1. The summed E-state index contributed by atoms with van der Waals surface area (Å²) in [6.07, 6.45) is 1.61. The average molecular weight is 438 g/mol. The Labute approximate surface area is 183 Å². The summed E-state index contributed by atoms with van der Waals surface area (Å²) in [5.74, 6) is 2.02. The lowest BCUT2D eigenvalue weighted by molar-refractivity contribution is 0.720. The van der Waals surface area contributed by atoms with Crippen molar-refractivity contribution in [3.8, 4) is 17.5 Å². The van der Waals surface area contributed by atoms with Crippen molar-refractivity contribution < 1.29 is 0 Å². The molecule has 0 unspecified atom stereocenters. The number of nitriles is 1. The molecule has 0 amide bonds. The average Bonchev–Trinajstić information content (AvgIpc) is 2.77. The standard InChI is InChI=1S/C21H17Cl2N7/c22-13-5-6-15(17(23)9-13)21-29-18-4-2-1-3-16(18)20(30-21)26-8-7-25-19-12-27-14(10-24)11-28-19/h1-6,9,12,25,28H,7-8,11H2,(H,26,29,30). The third-order valence-electron chi connectivity index (χ3n) is 4.43. The highest BCUT2D eigenvalue weighted by atomic mass is 35.5. The van der Waals surface area contributed by atoms with E-state index < -0.39 is 0 Å². The molecule has 0 fully saturated rings. The number of nitrogens with one attached hydrogen (secondary N) is 3. The molecule has 4 rings (SSSR count). The van der Waals surface area contributed by atoms with Gasteiger partial charge in [-0.2, -0.15) is 5.26 Å². The number of nitrogens with zero attached hydrogens (tertiary/aromatic N) is 4. The lowest BCUT2D eigenvalue weighted by Gasteiger charge is -2.16. The maximum atomic E-state index is 8.83. The van der Waals surface area contributed by atoms with Gasteiger partial charge in [-0.3, -0.25) is 0 Å². The zero-order valence-electron chi connectivity index (χ0n) is 15.8. The van der Waals surface area contributed by atoms with Gasteiger partial charge in [0.1, 0.15) is 23.4 Å². The van der Waals surface area contributed by atoms with Gasteiger partial charge in [-0.15, -0.1) is 0 Å². The predicted octanol–water partition coefficient (Wildman–Crippen LogP) is 3.97. The van der Waals surface area contributed by atoms with Crippen molar-refractivity contribution in [1.29, 1.82) is 5.26 Å². The second kappa shape index (κ2) is 8.99. The van der Waals surface area contributed by atoms with E-state index in [1.54, 1.807) is 18.3 Å². The molecule has 0 bridgehead atoms. The van der Waals surface area contributed by atoms with Gasteiger partial charge in [0.15, 0.2) is 5.82 Å². The molecule has 0 atom stereocenters. The molecule has 9 heteroatoms. The minimum Gasteiger partial charge on any atom is -0.369 e. The van der Waals surface area contributed by atoms with Crippen molar-refractivity contribution in [1.82, 2.24) is 20.6 Å². The van der Waals surface area contributed by atoms with Crippen LogP contribution in [0.25, 0.3) is 22.3 Å². The van der Waals surface area contributed by atoms with Gasteiger partial charge in [0, 0.05) is 29.1 Å². The van der Waals surface area contributed by atoms with Crippen molar-refractivity contribution in [2.75, 3.05) is 25.0 Å². The molecule has 150 valence electrons. The van der Waals surface area contributed by atoms with Crippen LogP contribution in [0.15, 0.2) is 59.5 Å². The van der Waals surface area contributed by atoms with E-state index in [9.17, 15) is 0 Å². The molecule has 3 N–H and O–H groups in total. The number of fused-ring (bicyclic) bond motifs is 1. The minimum absolute atomic E-state index is 0.421. The van der Waals surface area contributed by atoms with Crippen molar-refractivity contribution >= 4 is 45.6 Å². The first-order valence-corrected chi connectivity index (χ1v) is 10.0. The lowest BCUT2D eigenvalue weighted by Crippen LogP contribution is -2.34. The number of halogens is 2. The minimum atomic E-state index is 0.421. The Morgan fingerprint density at radius 3 is 2.67 bits per heavy atom. The Hall–Kier alpha value is -3.34. The quantitative estimate of drug-likeness (QED) is 0.504. The van der Waals surface area contributed by atoms with E-state index in [1.165, 1.54) is 0 Å². The number of benzene rings is 2. The van der Waals surface area contributed by atoms with Crippen LogP contribution in [0, 0.1) is 11.3 Å². The first-order chi connectivity index (χ1) is 14.6. The maximum Gasteiger partial charge on any atom is 0.163 e. The van der Waals surface area contributed by atoms with Crippen LogP contribution in [0.5, 0.6) is 0 Å². The van der Waals surface area contributed by atoms with Crippen LogP contribution in [0.3, 0.4) is 0 Å². The zero-order chi connectivity index (χ0) is 20.9. The Balaban J connectivity index is 1.52. The van der Waals surface area contributed by atoms with Crippen LogP contribution in [-0.4, -0.2) is 35.3 Å². The third-order valence-corrected chi connectivity index (χ3v) is 4.98. The summed E-state index contributed by atoms with van der Waals surface area (Å²) in [6, 6.07) is 15.1. The predicted molar refractivity (Wildman–Crippen MR) is 121 cm³/mol. The maximum absolute atomic E-state index is 8.83. The topological polar surface area (TPSA) is 98.0 Å². The summed E-state index contributed by atoms with van der Waals surface area (Å²) in [5.41, 5.74) is 1.99. The second-order valence-electron chi connectivity index (χ2n) is 6.47. The molecule has 0 radical (unpaired) electrons. The fourth-order valence-electron chi connectivity index (χ4n) is 2.97. The molecular formula is C21H17Cl2N7. The van der Waals surface area contributed by atoms with E-state index in [0.29, 0.717) is 41.2 Å². The number of rotatable bonds is 6. The first-order valence-electron chi connectivity index (χ1n) is 9.25. The molecule has 1 aromatic heterocycles. The van der Waals surface area contributed by atoms with Crippen molar-refractivity contribution in [2.24, 2.45) is 4.99 Å². The van der Waals surface area contributed by atoms with Crippen molar-refractivity contribution in [3.05, 3.63) is 64.5 Å². The SMILES string of the molecule is N#CC1=NC=C(NCCNc2nc(-c3ccc(Cl)cc3Cl)nc3ccccc23)NC1. The Kier molecular flexibility index (Phi) is 5.98. The smallest absolute Gasteiger partial charge is 0.163 e. The molecule has 0 saturated heterocycles. The van der Waals surface area contributed by atoms with E-state index in [2.05, 4.69) is 25.9 Å². The monoisotopic (exact) mass is 437 g/mol. The third kappa shape index (κ3) is 4.46. The molecule has 0 spiro atoms. The van der Waals surface area contributed by atoms with E-state index in [1.807, 2.05) is 36.4 Å². The molecule has 0 aliphatic carbocycles. The second-order valence-corrected chi connectivity index (χ2v) is 7.32. The lowest BCUT2D eigenvalue weighted by atomic mass is 10.2. The number of aliphatic imine (C=N–C) groups is 1. The van der Waals surface area contributed by atoms with E-state index in [-0.39, 0.29) is 0 Å². The van der Waals surface area contributed by atoms with Crippen LogP contribution in [0.4, 0.5) is 5.82 Å². The molecule has 2 heterocycles. The Morgan fingerprint density at radius 1 is 1.07 bits per heavy atom. The normalized spacial score (nSPS) is 13.1. The number of hydrogen-bond acceptors (Lipinski definition) is 7. The van der Waals surface area contributed by atoms with Gasteiger partial charge in [0.25, 0.3) is 0 Å². The molecule has 1 aliphatic heterocycles. The van der Waals surface area contributed by atoms with Gasteiger partial charge >= 0.3 is 0 Å². The Morgan fingerprint density at radius 2 is 1.90 bits per heavy atom. The molecule has 1 aliphatic rings. The molecule has 30 heavy (non-hydrogen) atoms. The summed E-state index contributed by atoms with van der Waals surface area (Å²) in [5, 5.41) is 20.5. The van der Waals surface area contributed by atoms with Crippen LogP contribution >= 0.6 is 23.2 Å². The first kappa shape index (κ1) is 20.0. The van der Waals surface area contributed by atoms with Gasteiger partial charge in [0.2, 0.25) is 0 Å². The van der Waals surface area contributed by atoms with Crippen LogP contribution in [0.2, 0.25) is 10.0 Å². The van der Waals surface area contributed by atoms with Crippen molar-refractivity contribution in [2.45, 2.75) is 0 Å². The van der Waals surface area contributed by atoms with Gasteiger partial charge < -0.3 is 16.0 Å². The van der Waals surface area contributed by atoms with Gasteiger partial charge in [0.05, 0.1) is 23.3 Å². The largest absolute Gasteiger partial charge is 0.369 e. The highest BCUT2D eigenvalue weighted by Crippen LogP contribution is 2.31. The van der Waals surface area contributed by atoms with Crippen molar-refractivity contribution in [3.63, 3.8) is 0 Å². The van der Waals surface area contributed by atoms with E-state index >= 15 is 0 Å². The summed E-state index contributed by atoms with van der Waals surface area (Å²) in [6.45, 7) is 1.67. The van der Waals surface area contributed by atoms with Gasteiger partial charge in [-0.1, -0.05) is 35.3 Å². The van der Waals surface area contributed by atoms with E-state index in [0.717, 1.165) is 28.1 Å². The van der Waals surface area contributed by atoms with Crippen LogP contribution in [0.1, 0.15) is 0 Å². The Bertz CT molecular complexity index is 1200. The van der Waals surface area contributed by atoms with Gasteiger partial charge in [-0.05, 0) is 30.3 Å². The summed E-state index contributed by atoms with van der Waals surface area (Å²) >= 11 is 12.4. The fraction of sp³-hybridized carbons (Fsp3) is 0.143. The van der Waals surface area contributed by atoms with E-state index in [4.69, 9.17) is 33.4 Å². The number of aromatic nitrogens is 2. The molecule has 0 saturated carbocycles. The number of hydrogen-bond donors (Lipinski definition) is 3. The summed E-state index contributed by atoms with van der Waals surface area (Å²) in [7, 11) is 0. The fourth-order valence-corrected chi connectivity index (χ4v) is 3.46. The molecular weight excluding hydrogens is 421 g/mol. The summed E-state index contributed by atoms with van der Waals surface area (Å²) in [4.78, 5) is 13.4. The summed E-state index contributed by atoms with van der Waals surface area (Å²) < 4.78 is 0. The number of anilines is 1. The van der Waals surface area contributed by atoms with Crippen LogP contribution < -0.4 is 16.0 Å². The van der Waals surface area contributed by atoms with Gasteiger partial charge in [-0.25, -0.2) is 15.0 Å². The molecule has 3 aromatic rings. The highest BCUT2D eigenvalue weighted by Gasteiger charge is 2.12. The molecule has 2 aromatic carbocycles. The molecule has 7 nitrogen and oxygen atoms in total. The zero-order valence-corrected chi connectivity index (χ0v) is 17.3.